The monoisotopic (exact) mass is 260 g/mol. The third-order valence-corrected chi connectivity index (χ3v) is 1.37. The van der Waals surface area contributed by atoms with Crippen LogP contribution in [0, 0.1) is 22.7 Å². The molecule has 94 valence electrons. The Morgan fingerprint density at radius 2 is 1.41 bits per heavy atom. The first-order valence-electron chi connectivity index (χ1n) is 3.52. The molecule has 0 unspecified atom stereocenters. The molecule has 6 nitrogen and oxygen atoms in total. The first-order valence-corrected chi connectivity index (χ1v) is 3.52. The smallest absolute Gasteiger partial charge is 0.400 e. The molecule has 2 N–H and O–H groups in total. The number of halogens is 5. The third kappa shape index (κ3) is 2.80. The van der Waals surface area contributed by atoms with Crippen molar-refractivity contribution in [2.24, 2.45) is 0 Å². The lowest BCUT2D eigenvalue weighted by atomic mass is 9.99. The average Bonchev–Trinajstić information content (AvgIpc) is 2.17. The largest absolute Gasteiger partial charge is 0.662 e. The maximum Gasteiger partial charge on any atom is 0.662 e. The highest BCUT2D eigenvalue weighted by molar-refractivity contribution is 6.32. The summed E-state index contributed by atoms with van der Waals surface area (Å²) in [5.74, 6) is -5.90. The molecule has 0 aromatic heterocycles. The molecule has 0 saturated heterocycles. The van der Waals surface area contributed by atoms with E-state index in [1.165, 1.54) is 0 Å². The Kier molecular flexibility index (Phi) is 4.39. The Morgan fingerprint density at radius 1 is 1.00 bits per heavy atom. The molecular weight excluding hydrogens is 258 g/mol. The maximum absolute atomic E-state index is 12.8. The Balaban J connectivity index is 5.38. The fraction of sp³-hybridized carbons (Fsp3) is 0.600. The van der Waals surface area contributed by atoms with Crippen molar-refractivity contribution in [3.8, 4) is 12.1 Å². The van der Waals surface area contributed by atoms with Gasteiger partial charge < -0.3 is 10.0 Å². The van der Waals surface area contributed by atoms with E-state index in [1.807, 2.05) is 0 Å². The van der Waals surface area contributed by atoms with E-state index in [4.69, 9.17) is 20.6 Å². The van der Waals surface area contributed by atoms with Crippen LogP contribution in [0.5, 0.6) is 0 Å². The summed E-state index contributed by atoms with van der Waals surface area (Å²) < 4.78 is 61.3. The van der Waals surface area contributed by atoms with Crippen molar-refractivity contribution in [1.82, 2.24) is 0 Å². The van der Waals surface area contributed by atoms with E-state index in [1.54, 1.807) is 0 Å². The van der Waals surface area contributed by atoms with Crippen molar-refractivity contribution in [1.29, 1.82) is 10.5 Å². The number of alkyl halides is 5. The van der Waals surface area contributed by atoms with Crippen LogP contribution in [0.2, 0.25) is 0 Å². The zero-order valence-electron chi connectivity index (χ0n) is 7.57. The van der Waals surface area contributed by atoms with Crippen LogP contribution in [0.15, 0.2) is 0 Å². The zero-order chi connectivity index (χ0) is 13.9. The highest BCUT2D eigenvalue weighted by atomic mass is 19.4. The van der Waals surface area contributed by atoms with Crippen molar-refractivity contribution in [2.45, 2.75) is 17.7 Å². The SMILES string of the molecule is N#CC(C#N)(OOB(O)O)C(F)(F)C(F)(F)F. The van der Waals surface area contributed by atoms with E-state index >= 15 is 0 Å². The van der Waals surface area contributed by atoms with Gasteiger partial charge in [0.25, 0.3) is 0 Å². The first-order chi connectivity index (χ1) is 7.54. The summed E-state index contributed by atoms with van der Waals surface area (Å²) in [6.45, 7) is 0. The second-order valence-corrected chi connectivity index (χ2v) is 2.48. The minimum Gasteiger partial charge on any atom is -0.400 e. The lowest BCUT2D eigenvalue weighted by Crippen LogP contribution is -2.57. The lowest BCUT2D eigenvalue weighted by Gasteiger charge is -2.28. The number of rotatable bonds is 4. The van der Waals surface area contributed by atoms with Crippen molar-refractivity contribution in [2.75, 3.05) is 0 Å². The molecule has 0 aromatic carbocycles. The molecule has 0 atom stereocenters. The van der Waals surface area contributed by atoms with Crippen LogP contribution in [-0.2, 0) is 9.69 Å². The molecule has 0 bridgehead atoms. The summed E-state index contributed by atoms with van der Waals surface area (Å²) in [5.41, 5.74) is -4.39. The molecule has 0 fully saturated rings. The van der Waals surface area contributed by atoms with E-state index in [-0.39, 0.29) is 12.1 Å². The predicted molar refractivity (Wildman–Crippen MR) is 37.3 cm³/mol. The third-order valence-electron chi connectivity index (χ3n) is 1.37. The van der Waals surface area contributed by atoms with Crippen LogP contribution in [0.25, 0.3) is 0 Å². The van der Waals surface area contributed by atoms with Gasteiger partial charge in [0, 0.05) is 0 Å². The minimum atomic E-state index is -6.28. The Hall–Kier alpha value is -1.47. The highest BCUT2D eigenvalue weighted by Gasteiger charge is 2.74. The Labute approximate surface area is 90.5 Å². The second kappa shape index (κ2) is 4.81. The number of nitrogens with zero attached hydrogens (tertiary/aromatic N) is 2. The van der Waals surface area contributed by atoms with Crippen molar-refractivity contribution in [3.05, 3.63) is 0 Å². The van der Waals surface area contributed by atoms with Gasteiger partial charge in [-0.1, -0.05) is 0 Å². The molecule has 17 heavy (non-hydrogen) atoms. The molecule has 0 aromatic rings. The summed E-state index contributed by atoms with van der Waals surface area (Å²) in [6, 6.07) is 0.534. The fourth-order valence-corrected chi connectivity index (χ4v) is 0.570. The van der Waals surface area contributed by atoms with Gasteiger partial charge in [0.15, 0.2) is 0 Å². The summed E-state index contributed by atoms with van der Waals surface area (Å²) in [5, 5.41) is 32.4. The number of hydrogen-bond donors (Lipinski definition) is 2. The van der Waals surface area contributed by atoms with Gasteiger partial charge in [0.05, 0.1) is 0 Å². The van der Waals surface area contributed by atoms with Crippen molar-refractivity contribution < 1.29 is 41.7 Å². The molecule has 0 heterocycles. The van der Waals surface area contributed by atoms with Gasteiger partial charge in [-0.15, -0.1) is 0 Å². The molecule has 0 saturated carbocycles. The first kappa shape index (κ1) is 15.5. The predicted octanol–water partition coefficient (Wildman–Crippen LogP) is -0.112. The molecule has 0 rings (SSSR count). The highest BCUT2D eigenvalue weighted by Crippen LogP contribution is 2.44. The van der Waals surface area contributed by atoms with Gasteiger partial charge >= 0.3 is 25.0 Å². The quantitative estimate of drug-likeness (QED) is 0.316. The van der Waals surface area contributed by atoms with Crippen LogP contribution < -0.4 is 0 Å². The van der Waals surface area contributed by atoms with Gasteiger partial charge in [-0.25, -0.2) is 9.69 Å². The minimum absolute atomic E-state index is 0.267. The molecule has 0 amide bonds. The summed E-state index contributed by atoms with van der Waals surface area (Å²) in [7, 11) is -2.90. The van der Waals surface area contributed by atoms with Crippen LogP contribution in [0.1, 0.15) is 0 Å². The van der Waals surface area contributed by atoms with Crippen LogP contribution in [0.4, 0.5) is 22.0 Å². The van der Waals surface area contributed by atoms with Crippen LogP contribution in [-0.4, -0.2) is 35.1 Å². The Bertz CT molecular complexity index is 345. The van der Waals surface area contributed by atoms with Gasteiger partial charge in [0.1, 0.15) is 12.1 Å². The normalized spacial score (nSPS) is 12.8. The Morgan fingerprint density at radius 3 is 1.65 bits per heavy atom. The summed E-state index contributed by atoms with van der Waals surface area (Å²) >= 11 is 0. The maximum atomic E-state index is 12.8. The number of hydrogen-bond acceptors (Lipinski definition) is 6. The van der Waals surface area contributed by atoms with E-state index in [9.17, 15) is 22.0 Å². The molecule has 12 heteroatoms. The molecule has 0 radical (unpaired) electrons. The lowest BCUT2D eigenvalue weighted by molar-refractivity contribution is -0.385. The molecule has 0 aliphatic heterocycles. The topological polar surface area (TPSA) is 107 Å². The van der Waals surface area contributed by atoms with Gasteiger partial charge in [-0.05, 0) is 0 Å². The van der Waals surface area contributed by atoms with Gasteiger partial charge in [-0.3, -0.25) is 0 Å². The molecular formula is C5H2BF5N2O4. The second-order valence-electron chi connectivity index (χ2n) is 2.48. The van der Waals surface area contributed by atoms with Crippen LogP contribution >= 0.6 is 0 Å². The van der Waals surface area contributed by atoms with E-state index in [2.05, 4.69) is 9.69 Å². The zero-order valence-corrected chi connectivity index (χ0v) is 7.57. The van der Waals surface area contributed by atoms with Crippen LogP contribution in [0.3, 0.4) is 0 Å². The van der Waals surface area contributed by atoms with E-state index in [0.717, 1.165) is 0 Å². The van der Waals surface area contributed by atoms with Crippen molar-refractivity contribution >= 4 is 7.32 Å². The molecule has 0 aliphatic rings. The molecule has 0 spiro atoms. The van der Waals surface area contributed by atoms with Crippen molar-refractivity contribution in [3.63, 3.8) is 0 Å². The van der Waals surface area contributed by atoms with E-state index in [0.29, 0.717) is 0 Å². The standard InChI is InChI=1S/C5H2BF5N2O4/c7-4(8,5(9,10)11)3(1-12,2-13)16-17-6(14)15/h14-15H. The number of nitriles is 2. The fourth-order valence-electron chi connectivity index (χ4n) is 0.570. The summed E-state index contributed by atoms with van der Waals surface area (Å²) in [4.78, 5) is 6.35. The average molecular weight is 260 g/mol. The molecule has 0 aliphatic carbocycles. The van der Waals surface area contributed by atoms with Gasteiger partial charge in [-0.2, -0.15) is 32.5 Å². The van der Waals surface area contributed by atoms with Gasteiger partial charge in [0.2, 0.25) is 0 Å². The summed E-state index contributed by atoms with van der Waals surface area (Å²) in [6.07, 6.45) is -6.28. The van der Waals surface area contributed by atoms with E-state index < -0.39 is 25.0 Å².